The van der Waals surface area contributed by atoms with Gasteiger partial charge in [-0.05, 0) is 31.2 Å². The molecule has 1 atom stereocenters. The second-order valence-electron chi connectivity index (χ2n) is 4.49. The molecule has 0 spiro atoms. The third-order valence-electron chi connectivity index (χ3n) is 2.70. The predicted molar refractivity (Wildman–Crippen MR) is 81.4 cm³/mol. The maximum Gasteiger partial charge on any atom is 0.241 e. The fraction of sp³-hybridized carbons (Fsp3) is 0.417. The summed E-state index contributed by atoms with van der Waals surface area (Å²) in [5, 5.41) is 2.60. The topological polar surface area (TPSA) is 101 Å². The lowest BCUT2D eigenvalue weighted by molar-refractivity contribution is -0.118. The lowest BCUT2D eigenvalue weighted by atomic mass is 10.1. The van der Waals surface area contributed by atoms with Crippen LogP contribution in [0.2, 0.25) is 0 Å². The lowest BCUT2D eigenvalue weighted by Gasteiger charge is -2.15. The third kappa shape index (κ3) is 4.75. The number of rotatable bonds is 5. The SMILES string of the molecule is CNS(=O)(=O)c1cccc(NC(=O)[C@H](N)C(C)C)c1.Cl. The Morgan fingerprint density at radius 3 is 2.40 bits per heavy atom. The van der Waals surface area contributed by atoms with E-state index in [1.807, 2.05) is 13.8 Å². The van der Waals surface area contributed by atoms with Crippen LogP contribution in [0.5, 0.6) is 0 Å². The minimum Gasteiger partial charge on any atom is -0.325 e. The van der Waals surface area contributed by atoms with Gasteiger partial charge in [-0.1, -0.05) is 19.9 Å². The Morgan fingerprint density at radius 1 is 1.30 bits per heavy atom. The molecule has 0 saturated carbocycles. The number of sulfonamides is 1. The van der Waals surface area contributed by atoms with Gasteiger partial charge in [-0.3, -0.25) is 4.79 Å². The molecule has 4 N–H and O–H groups in total. The van der Waals surface area contributed by atoms with Crippen LogP contribution in [0.4, 0.5) is 5.69 Å². The number of nitrogens with two attached hydrogens (primary N) is 1. The van der Waals surface area contributed by atoms with E-state index in [1.54, 1.807) is 12.1 Å². The van der Waals surface area contributed by atoms with E-state index in [2.05, 4.69) is 10.0 Å². The molecule has 1 rings (SSSR count). The first-order valence-electron chi connectivity index (χ1n) is 5.88. The van der Waals surface area contributed by atoms with Gasteiger partial charge in [-0.25, -0.2) is 13.1 Å². The van der Waals surface area contributed by atoms with Crippen molar-refractivity contribution in [2.45, 2.75) is 24.8 Å². The smallest absolute Gasteiger partial charge is 0.241 e. The molecule has 0 fully saturated rings. The van der Waals surface area contributed by atoms with Crippen molar-refractivity contribution in [1.82, 2.24) is 4.72 Å². The summed E-state index contributed by atoms with van der Waals surface area (Å²) < 4.78 is 25.5. The highest BCUT2D eigenvalue weighted by molar-refractivity contribution is 7.89. The summed E-state index contributed by atoms with van der Waals surface area (Å²) in [6, 6.07) is 5.37. The van der Waals surface area contributed by atoms with Crippen LogP contribution in [0.25, 0.3) is 0 Å². The van der Waals surface area contributed by atoms with Crippen molar-refractivity contribution in [2.75, 3.05) is 12.4 Å². The molecule has 0 saturated heterocycles. The molecule has 0 aliphatic carbocycles. The van der Waals surface area contributed by atoms with Crippen molar-refractivity contribution >= 4 is 34.0 Å². The first-order chi connectivity index (χ1) is 8.77. The molecular weight excluding hydrogens is 302 g/mol. The number of hydrogen-bond acceptors (Lipinski definition) is 4. The van der Waals surface area contributed by atoms with Crippen molar-refractivity contribution in [1.29, 1.82) is 0 Å². The number of carbonyl (C=O) groups excluding carboxylic acids is 1. The maximum atomic E-state index is 11.8. The highest BCUT2D eigenvalue weighted by Gasteiger charge is 2.18. The van der Waals surface area contributed by atoms with E-state index in [1.165, 1.54) is 19.2 Å². The minimum atomic E-state index is -3.53. The summed E-state index contributed by atoms with van der Waals surface area (Å²) in [5.74, 6) is -0.335. The maximum absolute atomic E-state index is 11.8. The number of amides is 1. The van der Waals surface area contributed by atoms with Crippen LogP contribution >= 0.6 is 12.4 Å². The Labute approximate surface area is 125 Å². The zero-order valence-corrected chi connectivity index (χ0v) is 13.2. The minimum absolute atomic E-state index is 0. The van der Waals surface area contributed by atoms with Gasteiger partial charge in [0.15, 0.2) is 0 Å². The van der Waals surface area contributed by atoms with Crippen molar-refractivity contribution in [3.8, 4) is 0 Å². The number of hydrogen-bond donors (Lipinski definition) is 3. The average molecular weight is 322 g/mol. The molecule has 0 radical (unpaired) electrons. The molecule has 0 aliphatic rings. The summed E-state index contributed by atoms with van der Waals surface area (Å²) in [6.07, 6.45) is 0. The van der Waals surface area contributed by atoms with Gasteiger partial charge >= 0.3 is 0 Å². The summed E-state index contributed by atoms with van der Waals surface area (Å²) in [7, 11) is -2.20. The Bertz CT molecular complexity index is 561. The first kappa shape index (κ1) is 18.9. The Balaban J connectivity index is 0.00000361. The number of anilines is 1. The molecular formula is C12H20ClN3O3S. The van der Waals surface area contributed by atoms with Crippen LogP contribution in [0.1, 0.15) is 13.8 Å². The fourth-order valence-electron chi connectivity index (χ4n) is 1.39. The molecule has 1 aromatic rings. The van der Waals surface area contributed by atoms with Gasteiger partial charge < -0.3 is 11.1 Å². The Morgan fingerprint density at radius 2 is 1.90 bits per heavy atom. The summed E-state index contributed by atoms with van der Waals surface area (Å²) in [4.78, 5) is 11.9. The lowest BCUT2D eigenvalue weighted by Crippen LogP contribution is -2.39. The molecule has 8 heteroatoms. The normalized spacial score (nSPS) is 12.7. The Hall–Kier alpha value is -1.15. The fourth-order valence-corrected chi connectivity index (χ4v) is 2.16. The van der Waals surface area contributed by atoms with Gasteiger partial charge in [0.05, 0.1) is 10.9 Å². The molecule has 114 valence electrons. The number of benzene rings is 1. The molecule has 1 amide bonds. The van der Waals surface area contributed by atoms with Crippen LogP contribution in [-0.2, 0) is 14.8 Å². The molecule has 20 heavy (non-hydrogen) atoms. The number of carbonyl (C=O) groups is 1. The van der Waals surface area contributed by atoms with Gasteiger partial charge in [-0.2, -0.15) is 0 Å². The van der Waals surface area contributed by atoms with Gasteiger partial charge in [-0.15, -0.1) is 12.4 Å². The van der Waals surface area contributed by atoms with Crippen molar-refractivity contribution in [3.05, 3.63) is 24.3 Å². The quantitative estimate of drug-likeness (QED) is 0.751. The van der Waals surface area contributed by atoms with Crippen molar-refractivity contribution < 1.29 is 13.2 Å². The van der Waals surface area contributed by atoms with Crippen LogP contribution < -0.4 is 15.8 Å². The van der Waals surface area contributed by atoms with Crippen LogP contribution in [0.3, 0.4) is 0 Å². The van der Waals surface area contributed by atoms with E-state index in [-0.39, 0.29) is 29.1 Å². The van der Waals surface area contributed by atoms with Crippen LogP contribution in [-0.4, -0.2) is 27.4 Å². The van der Waals surface area contributed by atoms with Crippen molar-refractivity contribution in [2.24, 2.45) is 11.7 Å². The van der Waals surface area contributed by atoms with Crippen molar-refractivity contribution in [3.63, 3.8) is 0 Å². The first-order valence-corrected chi connectivity index (χ1v) is 7.36. The van der Waals surface area contributed by atoms with Gasteiger partial charge in [0.25, 0.3) is 0 Å². The standard InChI is InChI=1S/C12H19N3O3S.ClH/c1-8(2)11(13)12(16)15-9-5-4-6-10(7-9)19(17,18)14-3;/h4-8,11,14H,13H2,1-3H3,(H,15,16);1H/t11-;/m1./s1. The summed E-state index contributed by atoms with van der Waals surface area (Å²) in [6.45, 7) is 3.68. The van der Waals surface area contributed by atoms with Crippen LogP contribution in [0, 0.1) is 5.92 Å². The average Bonchev–Trinajstić information content (AvgIpc) is 2.37. The molecule has 0 unspecified atom stereocenters. The van der Waals surface area contributed by atoms with E-state index in [0.717, 1.165) is 0 Å². The highest BCUT2D eigenvalue weighted by atomic mass is 35.5. The largest absolute Gasteiger partial charge is 0.325 e. The second-order valence-corrected chi connectivity index (χ2v) is 6.38. The zero-order valence-electron chi connectivity index (χ0n) is 11.6. The van der Waals surface area contributed by atoms with Gasteiger partial charge in [0.1, 0.15) is 0 Å². The van der Waals surface area contributed by atoms with E-state index < -0.39 is 16.1 Å². The number of nitrogens with one attached hydrogen (secondary N) is 2. The Kier molecular flexibility index (Phi) is 7.15. The summed E-state index contributed by atoms with van der Waals surface area (Å²) >= 11 is 0. The molecule has 0 heterocycles. The monoisotopic (exact) mass is 321 g/mol. The summed E-state index contributed by atoms with van der Waals surface area (Å²) in [5.41, 5.74) is 6.12. The van der Waals surface area contributed by atoms with E-state index >= 15 is 0 Å². The predicted octanol–water partition coefficient (Wildman–Crippen LogP) is 0.938. The highest BCUT2D eigenvalue weighted by Crippen LogP contribution is 2.15. The second kappa shape index (κ2) is 7.58. The molecule has 0 aromatic heterocycles. The molecule has 0 bridgehead atoms. The van der Waals surface area contributed by atoms with Crippen LogP contribution in [0.15, 0.2) is 29.2 Å². The third-order valence-corrected chi connectivity index (χ3v) is 4.11. The molecule has 6 nitrogen and oxygen atoms in total. The van der Waals surface area contributed by atoms with Gasteiger partial charge in [0.2, 0.25) is 15.9 Å². The zero-order chi connectivity index (χ0) is 14.6. The molecule has 1 aromatic carbocycles. The van der Waals surface area contributed by atoms with E-state index in [9.17, 15) is 13.2 Å². The van der Waals surface area contributed by atoms with E-state index in [0.29, 0.717) is 5.69 Å². The van der Waals surface area contributed by atoms with E-state index in [4.69, 9.17) is 5.73 Å². The van der Waals surface area contributed by atoms with Gasteiger partial charge in [0, 0.05) is 5.69 Å². The number of halogens is 1. The molecule has 0 aliphatic heterocycles.